The maximum absolute atomic E-state index is 13.1. The quantitative estimate of drug-likeness (QED) is 0.311. The Morgan fingerprint density at radius 3 is 2.24 bits per heavy atom. The summed E-state index contributed by atoms with van der Waals surface area (Å²) >= 11 is 0. The van der Waals surface area contributed by atoms with Crippen LogP contribution in [-0.4, -0.2) is 30.5 Å². The van der Waals surface area contributed by atoms with Crippen LogP contribution >= 0.6 is 0 Å². The van der Waals surface area contributed by atoms with Gasteiger partial charge in [0.2, 0.25) is 0 Å². The fourth-order valence-electron chi connectivity index (χ4n) is 3.80. The van der Waals surface area contributed by atoms with Gasteiger partial charge in [-0.25, -0.2) is 0 Å². The summed E-state index contributed by atoms with van der Waals surface area (Å²) in [5.74, 6) is 0.480. The number of amides is 1. The van der Waals surface area contributed by atoms with Crippen LogP contribution < -0.4 is 14.4 Å². The van der Waals surface area contributed by atoms with Gasteiger partial charge in [-0.3, -0.25) is 14.5 Å². The Labute approximate surface area is 191 Å². The van der Waals surface area contributed by atoms with Crippen molar-refractivity contribution in [3.63, 3.8) is 0 Å². The first-order chi connectivity index (χ1) is 15.9. The molecule has 4 rings (SSSR count). The van der Waals surface area contributed by atoms with Crippen molar-refractivity contribution in [1.29, 1.82) is 0 Å². The number of aliphatic hydroxyl groups excluding tert-OH is 1. The molecule has 1 unspecified atom stereocenters. The van der Waals surface area contributed by atoms with Gasteiger partial charge in [0.15, 0.2) is 0 Å². The van der Waals surface area contributed by atoms with Gasteiger partial charge in [0.25, 0.3) is 11.7 Å². The number of nitrogens with zero attached hydrogens (tertiary/aromatic N) is 1. The molecule has 1 aliphatic rings. The van der Waals surface area contributed by atoms with Gasteiger partial charge in [0.1, 0.15) is 34.8 Å². The molecule has 2 aromatic carbocycles. The maximum atomic E-state index is 13.1. The Balaban J connectivity index is 1.81. The van der Waals surface area contributed by atoms with Crippen LogP contribution in [-0.2, 0) is 9.59 Å². The molecule has 1 N–H and O–H groups in total. The Morgan fingerprint density at radius 2 is 1.67 bits per heavy atom. The third-order valence-electron chi connectivity index (χ3n) is 5.43. The molecule has 7 nitrogen and oxygen atoms in total. The first-order valence-electron chi connectivity index (χ1n) is 10.7. The Morgan fingerprint density at radius 1 is 1.00 bits per heavy atom. The van der Waals surface area contributed by atoms with Crippen molar-refractivity contribution in [1.82, 2.24) is 0 Å². The zero-order valence-electron chi connectivity index (χ0n) is 18.7. The van der Waals surface area contributed by atoms with Crippen LogP contribution in [0.3, 0.4) is 0 Å². The van der Waals surface area contributed by atoms with Crippen LogP contribution in [0.25, 0.3) is 5.76 Å². The minimum atomic E-state index is -0.914. The number of anilines is 1. The molecule has 1 amide bonds. The van der Waals surface area contributed by atoms with Gasteiger partial charge in [-0.05, 0) is 74.0 Å². The lowest BCUT2D eigenvalue weighted by Gasteiger charge is -2.23. The third kappa shape index (κ3) is 4.22. The molecule has 3 aromatic rings. The highest BCUT2D eigenvalue weighted by Gasteiger charge is 2.48. The molecule has 1 aromatic heterocycles. The molecular formula is C26H25NO6. The Hall–Kier alpha value is -4.00. The molecule has 170 valence electrons. The molecule has 2 heterocycles. The number of aryl methyl sites for hydroxylation is 1. The summed E-state index contributed by atoms with van der Waals surface area (Å²) < 4.78 is 16.6. The smallest absolute Gasteiger partial charge is 0.300 e. The lowest BCUT2D eigenvalue weighted by atomic mass is 9.99. The molecule has 33 heavy (non-hydrogen) atoms. The highest BCUT2D eigenvalue weighted by molar-refractivity contribution is 6.51. The molecule has 1 saturated heterocycles. The Kier molecular flexibility index (Phi) is 6.22. The number of Topliss-reactive ketones (excluding diaryl/α,β-unsaturated/α-hetero) is 1. The van der Waals surface area contributed by atoms with Crippen LogP contribution in [0.1, 0.15) is 36.5 Å². The summed E-state index contributed by atoms with van der Waals surface area (Å²) in [6, 6.07) is 16.1. The second-order valence-electron chi connectivity index (χ2n) is 7.69. The standard InChI is InChI=1S/C26H25NO6/c1-4-15-32-20-10-6-17(7-11-20)24(28)22-23(21-14-5-16(2)33-21)27(26(30)25(22)29)18-8-12-19(31-3)13-9-18/h5-14,23,28H,4,15H2,1-3H3/b24-22-. The van der Waals surface area contributed by atoms with Gasteiger partial charge in [-0.1, -0.05) is 6.92 Å². The van der Waals surface area contributed by atoms with Crippen molar-refractivity contribution >= 4 is 23.1 Å². The minimum Gasteiger partial charge on any atom is -0.507 e. The lowest BCUT2D eigenvalue weighted by Crippen LogP contribution is -2.29. The molecule has 0 radical (unpaired) electrons. The van der Waals surface area contributed by atoms with Gasteiger partial charge in [-0.2, -0.15) is 0 Å². The summed E-state index contributed by atoms with van der Waals surface area (Å²) in [4.78, 5) is 27.6. The van der Waals surface area contributed by atoms with E-state index in [4.69, 9.17) is 13.9 Å². The van der Waals surface area contributed by atoms with Crippen molar-refractivity contribution in [3.05, 3.63) is 83.3 Å². The second kappa shape index (κ2) is 9.24. The van der Waals surface area contributed by atoms with Gasteiger partial charge in [0.05, 0.1) is 19.3 Å². The number of ether oxygens (including phenoxy) is 2. The predicted molar refractivity (Wildman–Crippen MR) is 123 cm³/mol. The normalized spacial score (nSPS) is 17.4. The zero-order chi connectivity index (χ0) is 23.5. The Bertz CT molecular complexity index is 1190. The average molecular weight is 447 g/mol. The van der Waals surface area contributed by atoms with Gasteiger partial charge >= 0.3 is 0 Å². The average Bonchev–Trinajstić information content (AvgIpc) is 3.38. The SMILES string of the molecule is CCCOc1ccc(/C(O)=C2/C(=O)C(=O)N(c3ccc(OC)cc3)C2c2ccc(C)o2)cc1. The van der Waals surface area contributed by atoms with E-state index >= 15 is 0 Å². The summed E-state index contributed by atoms with van der Waals surface area (Å²) in [5.41, 5.74) is 0.853. The van der Waals surface area contributed by atoms with Crippen molar-refractivity contribution in [2.45, 2.75) is 26.3 Å². The molecule has 1 atom stereocenters. The van der Waals surface area contributed by atoms with Crippen molar-refractivity contribution in [2.24, 2.45) is 0 Å². The molecule has 7 heteroatoms. The first kappa shape index (κ1) is 22.2. The van der Waals surface area contributed by atoms with E-state index in [2.05, 4.69) is 0 Å². The number of carbonyl (C=O) groups is 2. The number of ketones is 1. The third-order valence-corrected chi connectivity index (χ3v) is 5.43. The highest BCUT2D eigenvalue weighted by atomic mass is 16.5. The molecule has 0 spiro atoms. The van der Waals surface area contributed by atoms with Crippen LogP contribution in [0, 0.1) is 6.92 Å². The van der Waals surface area contributed by atoms with E-state index in [1.807, 2.05) is 6.92 Å². The fraction of sp³-hybridized carbons (Fsp3) is 0.231. The summed E-state index contributed by atoms with van der Waals surface area (Å²) in [7, 11) is 1.55. The zero-order valence-corrected chi connectivity index (χ0v) is 18.7. The number of hydrogen-bond donors (Lipinski definition) is 1. The molecule has 1 aliphatic heterocycles. The van der Waals surface area contributed by atoms with Crippen molar-refractivity contribution < 1.29 is 28.6 Å². The van der Waals surface area contributed by atoms with Gasteiger partial charge < -0.3 is 19.0 Å². The van der Waals surface area contributed by atoms with Crippen LogP contribution in [0.2, 0.25) is 0 Å². The molecular weight excluding hydrogens is 422 g/mol. The van der Waals surface area contributed by atoms with E-state index in [1.165, 1.54) is 4.90 Å². The predicted octanol–water partition coefficient (Wildman–Crippen LogP) is 5.01. The number of methoxy groups -OCH3 is 1. The molecule has 0 aliphatic carbocycles. The van der Waals surface area contributed by atoms with Crippen LogP contribution in [0.15, 0.2) is 70.7 Å². The number of aliphatic hydroxyl groups is 1. The lowest BCUT2D eigenvalue weighted by molar-refractivity contribution is -0.132. The largest absolute Gasteiger partial charge is 0.507 e. The second-order valence-corrected chi connectivity index (χ2v) is 7.69. The molecule has 1 fully saturated rings. The molecule has 0 bridgehead atoms. The number of benzene rings is 2. The van der Waals surface area contributed by atoms with Crippen LogP contribution in [0.4, 0.5) is 5.69 Å². The summed E-state index contributed by atoms with van der Waals surface area (Å²) in [6.45, 7) is 4.37. The van der Waals surface area contributed by atoms with E-state index in [0.717, 1.165) is 6.42 Å². The first-order valence-corrected chi connectivity index (χ1v) is 10.7. The van der Waals surface area contributed by atoms with E-state index in [1.54, 1.807) is 74.7 Å². The number of carbonyl (C=O) groups excluding carboxylic acids is 2. The monoisotopic (exact) mass is 447 g/mol. The molecule has 0 saturated carbocycles. The number of furan rings is 1. The maximum Gasteiger partial charge on any atom is 0.300 e. The van der Waals surface area contributed by atoms with E-state index < -0.39 is 17.7 Å². The van der Waals surface area contributed by atoms with Crippen molar-refractivity contribution in [2.75, 3.05) is 18.6 Å². The van der Waals surface area contributed by atoms with Crippen molar-refractivity contribution in [3.8, 4) is 11.5 Å². The van der Waals surface area contributed by atoms with E-state index in [-0.39, 0.29) is 11.3 Å². The highest BCUT2D eigenvalue weighted by Crippen LogP contribution is 2.43. The van der Waals surface area contributed by atoms with E-state index in [0.29, 0.717) is 40.9 Å². The van der Waals surface area contributed by atoms with Gasteiger partial charge in [-0.15, -0.1) is 0 Å². The minimum absolute atomic E-state index is 0.0348. The topological polar surface area (TPSA) is 89.2 Å². The van der Waals surface area contributed by atoms with Gasteiger partial charge in [0, 0.05) is 11.3 Å². The summed E-state index contributed by atoms with van der Waals surface area (Å²) in [6.07, 6.45) is 0.874. The summed E-state index contributed by atoms with van der Waals surface area (Å²) in [5, 5.41) is 11.1. The van der Waals surface area contributed by atoms with E-state index in [9.17, 15) is 14.7 Å². The van der Waals surface area contributed by atoms with Crippen LogP contribution in [0.5, 0.6) is 11.5 Å². The fourth-order valence-corrected chi connectivity index (χ4v) is 3.80. The number of rotatable bonds is 7. The number of hydrogen-bond acceptors (Lipinski definition) is 6.